The maximum absolute atomic E-state index is 12.6. The molecular weight excluding hydrogens is 313 g/mol. The number of halogens is 4. The van der Waals surface area contributed by atoms with Crippen LogP contribution in [0.3, 0.4) is 0 Å². The van der Waals surface area contributed by atoms with E-state index in [0.717, 1.165) is 23.1 Å². The Morgan fingerprint density at radius 1 is 1.33 bits per heavy atom. The highest BCUT2D eigenvalue weighted by molar-refractivity contribution is 6.31. The fourth-order valence-corrected chi connectivity index (χ4v) is 1.75. The first-order valence-electron chi connectivity index (χ1n) is 5.79. The number of hydrogen-bond acceptors (Lipinski definition) is 2. The molecule has 0 saturated carbocycles. The Labute approximate surface area is 123 Å². The molecule has 0 spiro atoms. The molecule has 0 fully saturated rings. The minimum absolute atomic E-state index is 0.0881. The van der Waals surface area contributed by atoms with Gasteiger partial charge in [-0.05, 0) is 25.1 Å². The quantitative estimate of drug-likeness (QED) is 0.892. The van der Waals surface area contributed by atoms with Crippen molar-refractivity contribution in [3.63, 3.8) is 0 Å². The van der Waals surface area contributed by atoms with E-state index in [1.54, 1.807) is 6.92 Å². The lowest BCUT2D eigenvalue weighted by Gasteiger charge is -2.19. The normalized spacial score (nSPS) is 11.1. The van der Waals surface area contributed by atoms with Gasteiger partial charge in [0, 0.05) is 17.3 Å². The molecule has 5 nitrogen and oxygen atoms in total. The largest absolute Gasteiger partial charge is 0.480 e. The fourth-order valence-electron chi connectivity index (χ4n) is 1.52. The summed E-state index contributed by atoms with van der Waals surface area (Å²) < 4.78 is 37.9. The van der Waals surface area contributed by atoms with Gasteiger partial charge in [0.05, 0.1) is 5.56 Å². The fraction of sp³-hybridized carbons (Fsp3) is 0.333. The van der Waals surface area contributed by atoms with E-state index >= 15 is 0 Å². The van der Waals surface area contributed by atoms with Crippen molar-refractivity contribution in [3.05, 3.63) is 28.8 Å². The lowest BCUT2D eigenvalue weighted by Crippen LogP contribution is -2.38. The molecule has 0 aromatic heterocycles. The number of benzene rings is 1. The molecule has 116 valence electrons. The van der Waals surface area contributed by atoms with E-state index in [2.05, 4.69) is 5.32 Å². The lowest BCUT2D eigenvalue weighted by atomic mass is 10.2. The van der Waals surface area contributed by atoms with E-state index in [1.807, 2.05) is 0 Å². The highest BCUT2D eigenvalue weighted by atomic mass is 35.5. The Morgan fingerprint density at radius 2 is 1.95 bits per heavy atom. The van der Waals surface area contributed by atoms with E-state index in [1.165, 1.54) is 0 Å². The van der Waals surface area contributed by atoms with Gasteiger partial charge in [-0.1, -0.05) is 11.6 Å². The van der Waals surface area contributed by atoms with Crippen molar-refractivity contribution < 1.29 is 27.9 Å². The Balaban J connectivity index is 2.94. The second kappa shape index (κ2) is 6.66. The summed E-state index contributed by atoms with van der Waals surface area (Å²) >= 11 is 5.58. The zero-order valence-electron chi connectivity index (χ0n) is 10.9. The van der Waals surface area contributed by atoms with Crippen LogP contribution in [-0.4, -0.2) is 35.1 Å². The van der Waals surface area contributed by atoms with Crippen molar-refractivity contribution in [1.82, 2.24) is 4.90 Å². The van der Waals surface area contributed by atoms with Crippen LogP contribution in [0.15, 0.2) is 18.2 Å². The summed E-state index contributed by atoms with van der Waals surface area (Å²) in [6.45, 7) is 1.07. The van der Waals surface area contributed by atoms with Gasteiger partial charge >= 0.3 is 18.2 Å². The van der Waals surface area contributed by atoms with Gasteiger partial charge < -0.3 is 15.3 Å². The third-order valence-electron chi connectivity index (χ3n) is 2.47. The number of alkyl halides is 3. The van der Waals surface area contributed by atoms with Crippen molar-refractivity contribution in [2.75, 3.05) is 18.4 Å². The predicted octanol–water partition coefficient (Wildman–Crippen LogP) is 3.30. The third-order valence-corrected chi connectivity index (χ3v) is 2.69. The molecule has 0 atom stereocenters. The number of carboxylic acid groups (broad SMARTS) is 1. The summed E-state index contributed by atoms with van der Waals surface area (Å²) in [5.41, 5.74) is -1.17. The van der Waals surface area contributed by atoms with Crippen molar-refractivity contribution in [2.24, 2.45) is 0 Å². The van der Waals surface area contributed by atoms with Gasteiger partial charge in [0.15, 0.2) is 0 Å². The minimum Gasteiger partial charge on any atom is -0.480 e. The smallest absolute Gasteiger partial charge is 0.416 e. The maximum atomic E-state index is 12.6. The average Bonchev–Trinajstić information content (AvgIpc) is 2.33. The molecule has 0 aliphatic carbocycles. The van der Waals surface area contributed by atoms with E-state index in [-0.39, 0.29) is 17.3 Å². The molecule has 1 aromatic rings. The van der Waals surface area contributed by atoms with Crippen LogP contribution >= 0.6 is 11.6 Å². The first kappa shape index (κ1) is 17.1. The van der Waals surface area contributed by atoms with Gasteiger partial charge in [0.25, 0.3) is 0 Å². The summed E-state index contributed by atoms with van der Waals surface area (Å²) in [6.07, 6.45) is -4.60. The molecule has 21 heavy (non-hydrogen) atoms. The predicted molar refractivity (Wildman–Crippen MR) is 70.4 cm³/mol. The molecule has 0 aliphatic heterocycles. The number of carbonyl (C=O) groups is 2. The molecule has 2 N–H and O–H groups in total. The van der Waals surface area contributed by atoms with Gasteiger partial charge in [-0.2, -0.15) is 13.2 Å². The van der Waals surface area contributed by atoms with Crippen LogP contribution in [0.4, 0.5) is 23.7 Å². The van der Waals surface area contributed by atoms with E-state index in [4.69, 9.17) is 16.7 Å². The summed E-state index contributed by atoms with van der Waals surface area (Å²) in [5.74, 6) is -1.23. The van der Waals surface area contributed by atoms with Gasteiger partial charge in [-0.25, -0.2) is 4.79 Å². The molecule has 0 unspecified atom stereocenters. The first-order valence-corrected chi connectivity index (χ1v) is 6.16. The summed E-state index contributed by atoms with van der Waals surface area (Å²) in [4.78, 5) is 23.3. The number of hydrogen-bond donors (Lipinski definition) is 2. The molecule has 9 heteroatoms. The second-order valence-electron chi connectivity index (χ2n) is 4.06. The van der Waals surface area contributed by atoms with Crippen molar-refractivity contribution in [3.8, 4) is 0 Å². The van der Waals surface area contributed by atoms with Crippen molar-refractivity contribution in [1.29, 1.82) is 0 Å². The van der Waals surface area contributed by atoms with Gasteiger partial charge in [-0.3, -0.25) is 4.79 Å². The van der Waals surface area contributed by atoms with E-state index in [9.17, 15) is 22.8 Å². The number of urea groups is 1. The van der Waals surface area contributed by atoms with Crippen LogP contribution in [0, 0.1) is 0 Å². The molecule has 2 amide bonds. The Kier molecular flexibility index (Phi) is 5.42. The summed E-state index contributed by atoms with van der Waals surface area (Å²) in [7, 11) is 0. The molecule has 0 heterocycles. The van der Waals surface area contributed by atoms with Crippen molar-refractivity contribution >= 4 is 29.3 Å². The summed E-state index contributed by atoms with van der Waals surface area (Å²) in [6, 6.07) is 1.77. The lowest BCUT2D eigenvalue weighted by molar-refractivity contribution is -0.138. The monoisotopic (exact) mass is 324 g/mol. The van der Waals surface area contributed by atoms with Crippen LogP contribution in [0.1, 0.15) is 12.5 Å². The first-order chi connectivity index (χ1) is 9.63. The Bertz CT molecular complexity index is 549. The molecular formula is C12H12ClF3N2O3. The maximum Gasteiger partial charge on any atom is 0.416 e. The third kappa shape index (κ3) is 5.14. The topological polar surface area (TPSA) is 69.6 Å². The van der Waals surface area contributed by atoms with Crippen LogP contribution in [0.5, 0.6) is 0 Å². The molecule has 0 aliphatic rings. The number of rotatable bonds is 4. The van der Waals surface area contributed by atoms with E-state index in [0.29, 0.717) is 0 Å². The minimum atomic E-state index is -4.60. The SMILES string of the molecule is CCN(CC(=O)O)C(=O)Nc1cc(Cl)cc(C(F)(F)F)c1. The Morgan fingerprint density at radius 3 is 2.43 bits per heavy atom. The number of nitrogens with one attached hydrogen (secondary N) is 1. The van der Waals surface area contributed by atoms with E-state index < -0.39 is 30.3 Å². The zero-order chi connectivity index (χ0) is 16.2. The number of aliphatic carboxylic acids is 1. The van der Waals surface area contributed by atoms with Crippen LogP contribution in [0.25, 0.3) is 0 Å². The standard InChI is InChI=1S/C12H12ClF3N2O3/c1-2-18(6-10(19)20)11(21)17-9-4-7(12(14,15)16)3-8(13)5-9/h3-5H,2,6H2,1H3,(H,17,21)(H,19,20). The molecule has 1 aromatic carbocycles. The van der Waals surface area contributed by atoms with Crippen LogP contribution < -0.4 is 5.32 Å². The molecule has 0 radical (unpaired) electrons. The second-order valence-corrected chi connectivity index (χ2v) is 4.50. The highest BCUT2D eigenvalue weighted by Gasteiger charge is 2.31. The summed E-state index contributed by atoms with van der Waals surface area (Å²) in [5, 5.41) is 10.6. The van der Waals surface area contributed by atoms with Crippen LogP contribution in [-0.2, 0) is 11.0 Å². The number of amides is 2. The van der Waals surface area contributed by atoms with Gasteiger partial charge in [-0.15, -0.1) is 0 Å². The van der Waals surface area contributed by atoms with Gasteiger partial charge in [0.1, 0.15) is 6.54 Å². The molecule has 1 rings (SSSR count). The number of likely N-dealkylation sites (N-methyl/N-ethyl adjacent to an activating group) is 1. The van der Waals surface area contributed by atoms with Crippen LogP contribution in [0.2, 0.25) is 5.02 Å². The van der Waals surface area contributed by atoms with Crippen molar-refractivity contribution in [2.45, 2.75) is 13.1 Å². The average molecular weight is 325 g/mol. The number of carboxylic acids is 1. The highest BCUT2D eigenvalue weighted by Crippen LogP contribution is 2.33. The number of nitrogens with zero attached hydrogens (tertiary/aromatic N) is 1. The van der Waals surface area contributed by atoms with Gasteiger partial charge in [0.2, 0.25) is 0 Å². The zero-order valence-corrected chi connectivity index (χ0v) is 11.6. The number of carbonyl (C=O) groups excluding carboxylic acids is 1. The Hall–Kier alpha value is -1.96. The molecule has 0 saturated heterocycles. The number of anilines is 1. The molecule has 0 bridgehead atoms.